The summed E-state index contributed by atoms with van der Waals surface area (Å²) in [6, 6.07) is -2.93. The molecule has 0 spiro atoms. The molecule has 141 heavy (non-hydrogen) atoms. The van der Waals surface area contributed by atoms with E-state index in [0.717, 1.165) is 24.5 Å². The Morgan fingerprint density at radius 1 is 0.539 bits per heavy atom. The lowest BCUT2D eigenvalue weighted by molar-refractivity contribution is -0.149. The van der Waals surface area contributed by atoms with Gasteiger partial charge in [-0.1, -0.05) is 88.1 Å². The Morgan fingerprint density at radius 2 is 1.12 bits per heavy atom. The summed E-state index contributed by atoms with van der Waals surface area (Å²) in [6.45, 7) is 2.63. The first kappa shape index (κ1) is 111. The van der Waals surface area contributed by atoms with Crippen LogP contribution in [0.2, 0.25) is 0 Å². The second-order valence-electron chi connectivity index (χ2n) is 35.4. The molecule has 15 atom stereocenters. The van der Waals surface area contributed by atoms with Gasteiger partial charge >= 0.3 is 17.9 Å². The summed E-state index contributed by atoms with van der Waals surface area (Å²) < 4.78 is 6.75. The van der Waals surface area contributed by atoms with Gasteiger partial charge in [0.2, 0.25) is 94.5 Å². The second kappa shape index (κ2) is 53.3. The number of benzene rings is 3. The van der Waals surface area contributed by atoms with Gasteiger partial charge in [0.1, 0.15) is 96.9 Å². The molecule has 0 aliphatic carbocycles. The number of aromatic amines is 2. The van der Waals surface area contributed by atoms with E-state index in [4.69, 9.17) is 21.9 Å². The van der Waals surface area contributed by atoms with Crippen molar-refractivity contribution >= 4 is 146 Å². The number of fused-ring (bicyclic) bond motifs is 4. The number of hydrogen-bond acceptors (Lipinski definition) is 25. The number of aromatic nitrogens is 4. The van der Waals surface area contributed by atoms with Crippen molar-refractivity contribution in [2.24, 2.45) is 17.2 Å². The van der Waals surface area contributed by atoms with Crippen molar-refractivity contribution in [2.45, 2.75) is 246 Å². The number of primary amides is 1. The van der Waals surface area contributed by atoms with E-state index in [9.17, 15) is 73.2 Å². The summed E-state index contributed by atoms with van der Waals surface area (Å²) in [4.78, 5) is 292. The number of unbranched alkanes of at least 4 members (excludes halogenated alkanes) is 3. The number of hydrogen-bond donors (Lipinski definition) is 19. The van der Waals surface area contributed by atoms with Crippen LogP contribution in [-0.4, -0.2) is 340 Å². The number of amides is 16. The number of H-pyrrole nitrogens is 2. The molecule has 766 valence electrons. The number of carboxylic acid groups (broad SMARTS) is 3. The maximum atomic E-state index is 16.0. The highest BCUT2D eigenvalue weighted by atomic mass is 32.2. The van der Waals surface area contributed by atoms with E-state index >= 15 is 38.4 Å². The monoisotopic (exact) mass is 1980 g/mol. The lowest BCUT2D eigenvalue weighted by Gasteiger charge is -2.36. The third-order valence-corrected chi connectivity index (χ3v) is 26.2. The molecule has 0 unspecified atom stereocenters. The molecule has 3 aliphatic rings. The Hall–Kier alpha value is -14.1. The average molecular weight is 1980 g/mol. The Balaban J connectivity index is 1.13. The van der Waals surface area contributed by atoms with Crippen molar-refractivity contribution in [2.75, 3.05) is 72.5 Å². The van der Waals surface area contributed by atoms with Crippen LogP contribution in [0.5, 0.6) is 5.75 Å². The molecule has 0 radical (unpaired) electrons. The number of imidazole rings is 1. The molecular formula is C94H130N22O24S. The van der Waals surface area contributed by atoms with Crippen LogP contribution in [0.25, 0.3) is 21.8 Å². The van der Waals surface area contributed by atoms with Crippen LogP contribution in [0.1, 0.15) is 146 Å². The fourth-order valence-electron chi connectivity index (χ4n) is 17.4. The summed E-state index contributed by atoms with van der Waals surface area (Å²) in [5.74, 6) is -20.9. The molecule has 22 N–H and O–H groups in total. The topological polar surface area (TPSA) is 678 Å². The van der Waals surface area contributed by atoms with Crippen molar-refractivity contribution in [1.82, 2.24) is 97.2 Å². The molecule has 47 heteroatoms. The highest BCUT2D eigenvalue weighted by molar-refractivity contribution is 8.00. The van der Waals surface area contributed by atoms with Gasteiger partial charge in [-0.25, -0.2) is 4.98 Å². The van der Waals surface area contributed by atoms with Crippen LogP contribution in [0, 0.1) is 0 Å². The summed E-state index contributed by atoms with van der Waals surface area (Å²) in [7, 11) is 5.16. The lowest BCUT2D eigenvalue weighted by Crippen LogP contribution is -2.61. The number of nitrogens with one attached hydrogen (secondary N) is 12. The second-order valence-corrected chi connectivity index (χ2v) is 36.4. The fourth-order valence-corrected chi connectivity index (χ4v) is 18.2. The van der Waals surface area contributed by atoms with E-state index < -0.39 is 266 Å². The zero-order valence-corrected chi connectivity index (χ0v) is 80.7. The molecule has 0 bridgehead atoms. The average Bonchev–Trinajstić information content (AvgIpc) is 1.66. The SMILES string of the molecule is CCCC[C@H]1C(=O)N(C)[C@@H](CCCC)C(=O)N[C@@H](CCC(=O)O)C(=O)N[C@H](C(=O)NCC(N)=O)CSCC(=O)N[C@@H](Cc2ccc(OC)cc2)C(=O)N(C)[C@@H](C)C(=O)N[C@H](CC(=O)O)C(=O)N2CCC[C@H]2C(=O)N[C@@H](Cc2c[nH]cn2)C(=O)N[C@@H](CCCCN)C(=O)N2C[C@H](O)C[C@H]2C(=O)N[C@@H](Cc2c[nH]c3ccccc23)C(=O)N[C@@H](CCN)C(=O)N[C@@H](Cc2cn(CC(=O)O)c3ccccc23)C(=O)N1C. The zero-order valence-electron chi connectivity index (χ0n) is 79.9. The number of rotatable bonds is 31. The maximum Gasteiger partial charge on any atom is 0.323 e. The van der Waals surface area contributed by atoms with Crippen molar-refractivity contribution in [3.05, 3.63) is 120 Å². The Bertz CT molecular complexity index is 5440. The molecule has 0 saturated carbocycles. The van der Waals surface area contributed by atoms with Gasteiger partial charge in [-0.05, 0) is 119 Å². The van der Waals surface area contributed by atoms with Crippen LogP contribution in [0.15, 0.2) is 97.7 Å². The highest BCUT2D eigenvalue weighted by Crippen LogP contribution is 2.29. The van der Waals surface area contributed by atoms with Gasteiger partial charge in [-0.15, -0.1) is 11.8 Å². The number of methoxy groups -OCH3 is 1. The molecule has 6 aromatic rings. The molecule has 3 saturated heterocycles. The Labute approximate surface area is 817 Å². The third-order valence-electron chi connectivity index (χ3n) is 25.2. The molecule has 3 aliphatic heterocycles. The molecule has 3 aromatic heterocycles. The molecule has 3 aromatic carbocycles. The summed E-state index contributed by atoms with van der Waals surface area (Å²) >= 11 is 0.704. The normalized spacial score (nSPS) is 24.2. The number of likely N-dealkylation sites (N-methyl/N-ethyl adjacent to an activating group) is 3. The first-order valence-electron chi connectivity index (χ1n) is 47.0. The predicted molar refractivity (Wildman–Crippen MR) is 512 cm³/mol. The number of nitrogens with two attached hydrogens (primary N) is 3. The minimum atomic E-state index is -1.92. The van der Waals surface area contributed by atoms with Crippen LogP contribution in [0.3, 0.4) is 0 Å². The number of para-hydroxylation sites is 2. The molecule has 6 heterocycles. The van der Waals surface area contributed by atoms with Crippen molar-refractivity contribution in [3.8, 4) is 5.75 Å². The van der Waals surface area contributed by atoms with Gasteiger partial charge in [0.25, 0.3) is 0 Å². The fraction of sp³-hybridized carbons (Fsp3) is 0.532. The molecule has 46 nitrogen and oxygen atoms in total. The van der Waals surface area contributed by atoms with Crippen LogP contribution in [0.4, 0.5) is 0 Å². The molecular weight excluding hydrogens is 1850 g/mol. The predicted octanol–water partition coefficient (Wildman–Crippen LogP) is -2.43. The Kier molecular flexibility index (Phi) is 41.8. The number of thioether (sulfide) groups is 1. The largest absolute Gasteiger partial charge is 0.497 e. The van der Waals surface area contributed by atoms with E-state index in [2.05, 4.69) is 68.1 Å². The zero-order chi connectivity index (χ0) is 103. The summed E-state index contributed by atoms with van der Waals surface area (Å²) in [6.07, 6.45) is 1.34. The summed E-state index contributed by atoms with van der Waals surface area (Å²) in [5.41, 5.74) is 20.1. The standard InChI is InChI=1S/C94H130N22O24S/c1-8-10-23-72-87(132)104-62(31-32-78(120)121)83(128)110-70(82(127)100-45-76(97)118)49-141-50-77(119)102-67(37-53-27-29-58(140-7)30-28-53)90(135)111(4)52(3)81(126)108-69(42-79(122)123)93(138)115-36-18-26-73(115)88(133)107-66(40-56-44-98-51-101-56)86(131)105-64(22-16-17-34-95)92(137)116-47-57(117)41-75(116)89(134)106-65(38-54-43-99-61-21-14-12-19-59(54)61)85(130)103-63(33-35-96)84(129)109-68(91(136)113(6)74(24-11-9-2)94(139)112(72)5)39-55-46-114(48-80(124)125)71-25-15-13-20-60(55)71/h12-15,19-21,25,27-30,43-44,46,51-52,57,62-70,72-75,99,117H,8-11,16-18,22-24,26,31-42,45,47-50,95-96H2,1-7H3,(H2,97,118)(H,98,101)(H,100,127)(H,102,119)(H,103,130)(H,104,132)(H,105,131)(H,106,134)(H,107,133)(H,108,126)(H,109,129)(H,110,128)(H,120,121)(H,122,123)(H,124,125)/t52-,57+,62-,63-,64-,65-,66-,67-,68-,69+,70-,72-,73-,74-,75-/m0/s1. The van der Waals surface area contributed by atoms with Gasteiger partial charge in [-0.2, -0.15) is 0 Å². The van der Waals surface area contributed by atoms with E-state index in [1.54, 1.807) is 92.8 Å². The number of carbonyl (C=O) groups is 19. The van der Waals surface area contributed by atoms with Crippen molar-refractivity contribution in [1.29, 1.82) is 0 Å². The number of carboxylic acids is 3. The first-order chi connectivity index (χ1) is 67.3. The van der Waals surface area contributed by atoms with Crippen molar-refractivity contribution in [3.63, 3.8) is 0 Å². The van der Waals surface area contributed by atoms with Crippen molar-refractivity contribution < 1.29 is 116 Å². The quantitative estimate of drug-likeness (QED) is 0.0201. The molecule has 9 rings (SSSR count). The lowest BCUT2D eigenvalue weighted by atomic mass is 9.99. The number of carbonyl (C=O) groups excluding carboxylic acids is 16. The first-order valence-corrected chi connectivity index (χ1v) is 48.2. The number of aliphatic hydroxyl groups is 1. The van der Waals surface area contributed by atoms with Crippen LogP contribution < -0.4 is 75.1 Å². The van der Waals surface area contributed by atoms with Gasteiger partial charge in [-0.3, -0.25) is 91.1 Å². The summed E-state index contributed by atoms with van der Waals surface area (Å²) in [5, 5.41) is 69.3. The smallest absolute Gasteiger partial charge is 0.323 e. The van der Waals surface area contributed by atoms with Gasteiger partial charge in [0, 0.05) is 119 Å². The van der Waals surface area contributed by atoms with Crippen LogP contribution >= 0.6 is 11.8 Å². The minimum absolute atomic E-state index is 0.0673. The van der Waals surface area contributed by atoms with E-state index in [1.807, 2.05) is 0 Å². The third kappa shape index (κ3) is 31.0. The number of aliphatic hydroxyl groups excluding tert-OH is 1. The number of nitrogens with zero attached hydrogens (tertiary/aromatic N) is 7. The Morgan fingerprint density at radius 3 is 1.77 bits per heavy atom. The number of ether oxygens (including phenoxy) is 1. The van der Waals surface area contributed by atoms with E-state index in [0.29, 0.717) is 75.3 Å². The molecule has 3 fully saturated rings. The van der Waals surface area contributed by atoms with Gasteiger partial charge < -0.3 is 135 Å². The van der Waals surface area contributed by atoms with E-state index in [1.165, 1.54) is 58.5 Å². The highest BCUT2D eigenvalue weighted by Gasteiger charge is 2.47. The maximum absolute atomic E-state index is 16.0. The number of aliphatic carboxylic acids is 3. The van der Waals surface area contributed by atoms with Gasteiger partial charge in [0.15, 0.2) is 0 Å². The van der Waals surface area contributed by atoms with Crippen LogP contribution in [-0.2, 0) is 123 Å². The minimum Gasteiger partial charge on any atom is -0.497 e. The molecule has 16 amide bonds. The van der Waals surface area contributed by atoms with E-state index in [-0.39, 0.29) is 102 Å². The van der Waals surface area contributed by atoms with Gasteiger partial charge in [0.05, 0.1) is 44.0 Å².